The molecule has 0 fully saturated rings. The van der Waals surface area contributed by atoms with E-state index in [9.17, 15) is 4.79 Å². The summed E-state index contributed by atoms with van der Waals surface area (Å²) in [7, 11) is 0. The Bertz CT molecular complexity index is 932. The second kappa shape index (κ2) is 7.00. The van der Waals surface area contributed by atoms with Crippen LogP contribution in [0.25, 0.3) is 5.69 Å². The monoisotopic (exact) mass is 363 g/mol. The van der Waals surface area contributed by atoms with E-state index in [-0.39, 0.29) is 11.2 Å². The average Bonchev–Trinajstić information content (AvgIpc) is 2.88. The number of fused-ring (bicyclic) bond motifs is 1. The van der Waals surface area contributed by atoms with Crippen molar-refractivity contribution in [1.29, 1.82) is 0 Å². The largest absolute Gasteiger partial charge is 0.310 e. The van der Waals surface area contributed by atoms with Gasteiger partial charge in [0.05, 0.1) is 22.4 Å². The number of benzene rings is 2. The normalized spacial score (nSPS) is 16.7. The molecule has 1 aromatic heterocycles. The Morgan fingerprint density at radius 1 is 1.15 bits per heavy atom. The first-order valence-corrected chi connectivity index (χ1v) is 9.87. The Balaban J connectivity index is 1.85. The van der Waals surface area contributed by atoms with Crippen LogP contribution in [0.15, 0.2) is 54.6 Å². The first-order valence-electron chi connectivity index (χ1n) is 8.82. The molecular weight excluding hydrogens is 342 g/mol. The standard InChI is InChI=1S/C21H21N3OS/c1-3-15-9-11-16(12-10-15)20-19-14(2)23-24(17-7-5-4-6-8-17)21(19)22-18(25)13-26-20/h4-12,20H,3,13H2,1-2H3,(H,22,25)/t20-/m0/s1. The summed E-state index contributed by atoms with van der Waals surface area (Å²) >= 11 is 1.66. The molecular formula is C21H21N3OS. The second-order valence-corrected chi connectivity index (χ2v) is 7.52. The molecule has 2 heterocycles. The lowest BCUT2D eigenvalue weighted by molar-refractivity contribution is -0.113. The molecule has 0 radical (unpaired) electrons. The smallest absolute Gasteiger partial charge is 0.235 e. The number of carbonyl (C=O) groups is 1. The zero-order valence-electron chi connectivity index (χ0n) is 14.9. The number of nitrogens with one attached hydrogen (secondary N) is 1. The summed E-state index contributed by atoms with van der Waals surface area (Å²) in [6.07, 6.45) is 1.02. The SMILES string of the molecule is CCc1ccc([C@@H]2SCC(=O)Nc3c2c(C)nn3-c2ccccc2)cc1. The number of hydrogen-bond acceptors (Lipinski definition) is 3. The van der Waals surface area contributed by atoms with Gasteiger partial charge in [0, 0.05) is 5.56 Å². The van der Waals surface area contributed by atoms with Gasteiger partial charge in [0.25, 0.3) is 0 Å². The second-order valence-electron chi connectivity index (χ2n) is 6.43. The van der Waals surface area contributed by atoms with Gasteiger partial charge in [0.2, 0.25) is 5.91 Å². The Morgan fingerprint density at radius 3 is 2.58 bits per heavy atom. The lowest BCUT2D eigenvalue weighted by atomic mass is 10.0. The number of thioether (sulfide) groups is 1. The molecule has 2 aromatic carbocycles. The van der Waals surface area contributed by atoms with Gasteiger partial charge >= 0.3 is 0 Å². The molecule has 4 rings (SSSR count). The lowest BCUT2D eigenvalue weighted by Gasteiger charge is -2.16. The van der Waals surface area contributed by atoms with Crippen molar-refractivity contribution in [3.05, 3.63) is 77.0 Å². The average molecular weight is 363 g/mol. The number of amides is 1. The maximum atomic E-state index is 12.3. The summed E-state index contributed by atoms with van der Waals surface area (Å²) in [6, 6.07) is 18.6. The Kier molecular flexibility index (Phi) is 4.55. The van der Waals surface area contributed by atoms with Gasteiger partial charge in [-0.3, -0.25) is 4.79 Å². The summed E-state index contributed by atoms with van der Waals surface area (Å²) in [6.45, 7) is 4.17. The van der Waals surface area contributed by atoms with E-state index in [1.54, 1.807) is 11.8 Å². The number of aromatic nitrogens is 2. The zero-order valence-corrected chi connectivity index (χ0v) is 15.7. The predicted molar refractivity (Wildman–Crippen MR) is 107 cm³/mol. The van der Waals surface area contributed by atoms with Crippen LogP contribution in [0.1, 0.15) is 34.6 Å². The Labute approximate surface area is 157 Å². The van der Waals surface area contributed by atoms with E-state index in [0.717, 1.165) is 29.2 Å². The molecule has 1 aliphatic heterocycles. The minimum absolute atomic E-state index is 0.0148. The number of para-hydroxylation sites is 1. The number of hydrogen-bond donors (Lipinski definition) is 1. The van der Waals surface area contributed by atoms with Crippen LogP contribution in [-0.4, -0.2) is 21.4 Å². The van der Waals surface area contributed by atoms with E-state index in [1.165, 1.54) is 11.1 Å². The molecule has 0 bridgehead atoms. The highest BCUT2D eigenvalue weighted by Crippen LogP contribution is 2.43. The number of nitrogens with zero attached hydrogens (tertiary/aromatic N) is 2. The van der Waals surface area contributed by atoms with Crippen molar-refractivity contribution in [2.45, 2.75) is 25.5 Å². The fourth-order valence-electron chi connectivity index (χ4n) is 3.33. The van der Waals surface area contributed by atoms with Gasteiger partial charge in [-0.15, -0.1) is 11.8 Å². The van der Waals surface area contributed by atoms with Gasteiger partial charge in [-0.25, -0.2) is 4.68 Å². The van der Waals surface area contributed by atoms with Gasteiger partial charge in [-0.05, 0) is 36.6 Å². The highest BCUT2D eigenvalue weighted by atomic mass is 32.2. The van der Waals surface area contributed by atoms with Crippen molar-refractivity contribution >= 4 is 23.5 Å². The molecule has 1 aliphatic rings. The molecule has 0 saturated carbocycles. The van der Waals surface area contributed by atoms with Crippen molar-refractivity contribution in [3.63, 3.8) is 0 Å². The Morgan fingerprint density at radius 2 is 1.88 bits per heavy atom. The van der Waals surface area contributed by atoms with E-state index in [1.807, 2.05) is 41.9 Å². The van der Waals surface area contributed by atoms with Crippen molar-refractivity contribution < 1.29 is 4.79 Å². The Hall–Kier alpha value is -2.53. The van der Waals surface area contributed by atoms with E-state index in [2.05, 4.69) is 36.5 Å². The van der Waals surface area contributed by atoms with E-state index >= 15 is 0 Å². The molecule has 1 amide bonds. The van der Waals surface area contributed by atoms with Crippen LogP contribution >= 0.6 is 11.8 Å². The predicted octanol–water partition coefficient (Wildman–Crippen LogP) is 4.52. The third kappa shape index (κ3) is 3.03. The zero-order chi connectivity index (χ0) is 18.1. The van der Waals surface area contributed by atoms with Gasteiger partial charge in [0.1, 0.15) is 5.82 Å². The van der Waals surface area contributed by atoms with Crippen LogP contribution in [0.3, 0.4) is 0 Å². The van der Waals surface area contributed by atoms with Gasteiger partial charge in [-0.2, -0.15) is 5.10 Å². The number of aryl methyl sites for hydroxylation is 2. The molecule has 132 valence electrons. The van der Waals surface area contributed by atoms with Gasteiger partial charge < -0.3 is 5.32 Å². The molecule has 26 heavy (non-hydrogen) atoms. The van der Waals surface area contributed by atoms with Crippen LogP contribution in [0.4, 0.5) is 5.82 Å². The quantitative estimate of drug-likeness (QED) is 0.744. The van der Waals surface area contributed by atoms with E-state index in [0.29, 0.717) is 5.75 Å². The summed E-state index contributed by atoms with van der Waals surface area (Å²) in [5.74, 6) is 1.23. The van der Waals surface area contributed by atoms with Crippen LogP contribution < -0.4 is 5.32 Å². The van der Waals surface area contributed by atoms with E-state index in [4.69, 9.17) is 5.10 Å². The lowest BCUT2D eigenvalue weighted by Crippen LogP contribution is -2.15. The first-order chi connectivity index (χ1) is 12.7. The van der Waals surface area contributed by atoms with Crippen LogP contribution in [-0.2, 0) is 11.2 Å². The van der Waals surface area contributed by atoms with Crippen molar-refractivity contribution in [3.8, 4) is 5.69 Å². The third-order valence-corrected chi connectivity index (χ3v) is 5.97. The van der Waals surface area contributed by atoms with E-state index < -0.39 is 0 Å². The molecule has 0 unspecified atom stereocenters. The van der Waals surface area contributed by atoms with Crippen LogP contribution in [0.5, 0.6) is 0 Å². The maximum Gasteiger partial charge on any atom is 0.235 e. The van der Waals surface area contributed by atoms with Crippen molar-refractivity contribution in [1.82, 2.24) is 9.78 Å². The minimum Gasteiger partial charge on any atom is -0.310 e. The molecule has 5 heteroatoms. The van der Waals surface area contributed by atoms with Crippen LogP contribution in [0.2, 0.25) is 0 Å². The van der Waals surface area contributed by atoms with Crippen molar-refractivity contribution in [2.24, 2.45) is 0 Å². The molecule has 4 nitrogen and oxygen atoms in total. The maximum absolute atomic E-state index is 12.3. The molecule has 0 spiro atoms. The summed E-state index contributed by atoms with van der Waals surface area (Å²) in [5, 5.41) is 7.90. The molecule has 0 saturated heterocycles. The van der Waals surface area contributed by atoms with Gasteiger partial charge in [0.15, 0.2) is 0 Å². The number of anilines is 1. The number of rotatable bonds is 3. The summed E-state index contributed by atoms with van der Waals surface area (Å²) in [4.78, 5) is 12.3. The highest BCUT2D eigenvalue weighted by molar-refractivity contribution is 8.00. The topological polar surface area (TPSA) is 46.9 Å². The molecule has 1 N–H and O–H groups in total. The minimum atomic E-state index is 0.0148. The summed E-state index contributed by atoms with van der Waals surface area (Å²) in [5.41, 5.74) is 5.51. The molecule has 0 aliphatic carbocycles. The van der Waals surface area contributed by atoms with Crippen molar-refractivity contribution in [2.75, 3.05) is 11.1 Å². The third-order valence-electron chi connectivity index (χ3n) is 4.70. The molecule has 1 atom stereocenters. The van der Waals surface area contributed by atoms with Crippen LogP contribution in [0, 0.1) is 6.92 Å². The number of carbonyl (C=O) groups excluding carboxylic acids is 1. The van der Waals surface area contributed by atoms with Gasteiger partial charge in [-0.1, -0.05) is 49.4 Å². The summed E-state index contributed by atoms with van der Waals surface area (Å²) < 4.78 is 1.85. The molecule has 3 aromatic rings. The fourth-order valence-corrected chi connectivity index (χ4v) is 4.52. The fraction of sp³-hybridized carbons (Fsp3) is 0.238. The highest BCUT2D eigenvalue weighted by Gasteiger charge is 2.30. The first kappa shape index (κ1) is 16.9.